The molecule has 60 valence electrons. The summed E-state index contributed by atoms with van der Waals surface area (Å²) in [5, 5.41) is 2.89. The minimum absolute atomic E-state index is 0.396. The molecule has 0 unspecified atom stereocenters. The van der Waals surface area contributed by atoms with Crippen molar-refractivity contribution >= 4 is 16.7 Å². The smallest absolute Gasteiger partial charge is 0.135 e. The highest BCUT2D eigenvalue weighted by molar-refractivity contribution is 5.86. The first-order valence-corrected chi connectivity index (χ1v) is 3.56. The highest BCUT2D eigenvalue weighted by Gasteiger charge is 2.03. The van der Waals surface area contributed by atoms with Crippen molar-refractivity contribution in [2.24, 2.45) is 12.2 Å². The fourth-order valence-corrected chi connectivity index (χ4v) is 1.22. The van der Waals surface area contributed by atoms with Crippen molar-refractivity contribution in [1.82, 2.24) is 9.55 Å². The van der Waals surface area contributed by atoms with Crippen LogP contribution >= 0.6 is 0 Å². The van der Waals surface area contributed by atoms with E-state index < -0.39 is 0 Å². The predicted molar refractivity (Wildman–Crippen MR) is 46.2 cm³/mol. The van der Waals surface area contributed by atoms with Gasteiger partial charge in [-0.05, 0) is 17.3 Å². The third-order valence-electron chi connectivity index (χ3n) is 1.83. The van der Waals surface area contributed by atoms with E-state index in [2.05, 4.69) is 10.2 Å². The Morgan fingerprint density at radius 2 is 2.33 bits per heavy atom. The lowest BCUT2D eigenvalue weighted by atomic mass is 10.3. The van der Waals surface area contributed by atoms with Gasteiger partial charge in [-0.2, -0.15) is 0 Å². The van der Waals surface area contributed by atoms with Gasteiger partial charge in [0.2, 0.25) is 0 Å². The Bertz CT molecular complexity index is 433. The minimum Gasteiger partial charge on any atom is -0.334 e. The number of benzene rings is 1. The van der Waals surface area contributed by atoms with Gasteiger partial charge >= 0.3 is 0 Å². The summed E-state index contributed by atoms with van der Waals surface area (Å²) in [7, 11) is 1.88. The van der Waals surface area contributed by atoms with Crippen LogP contribution in [-0.2, 0) is 7.05 Å². The van der Waals surface area contributed by atoms with E-state index in [1.54, 1.807) is 18.5 Å². The monoisotopic (exact) mass is 161 g/mol. The number of nitrogens with zero attached hydrogens (tertiary/aromatic N) is 3. The molecule has 2 rings (SSSR count). The summed E-state index contributed by atoms with van der Waals surface area (Å²) < 4.78 is 1.85. The van der Waals surface area contributed by atoms with Crippen molar-refractivity contribution in [3.8, 4) is 0 Å². The molecule has 0 aliphatic rings. The fourth-order valence-electron chi connectivity index (χ4n) is 1.22. The van der Waals surface area contributed by atoms with E-state index in [1.807, 2.05) is 17.7 Å². The van der Waals surface area contributed by atoms with Gasteiger partial charge in [0, 0.05) is 7.05 Å². The number of rotatable bonds is 1. The largest absolute Gasteiger partial charge is 0.334 e. The number of fused-ring (bicyclic) bond motifs is 1. The molecular weight excluding hydrogens is 154 g/mol. The van der Waals surface area contributed by atoms with Gasteiger partial charge in [0.1, 0.15) is 11.2 Å². The Kier molecular flexibility index (Phi) is 1.40. The number of imidazole rings is 1. The van der Waals surface area contributed by atoms with E-state index >= 15 is 0 Å². The van der Waals surface area contributed by atoms with Gasteiger partial charge in [-0.3, -0.25) is 0 Å². The van der Waals surface area contributed by atoms with Gasteiger partial charge in [-0.25, -0.2) is 4.98 Å². The maximum atomic E-state index is 10.3. The molecular formula is C8H7N3O. The highest BCUT2D eigenvalue weighted by atomic mass is 16.3. The predicted octanol–water partition coefficient (Wildman–Crippen LogP) is 1.97. The number of hydrogen-bond donors (Lipinski definition) is 0. The normalized spacial score (nSPS) is 10.4. The van der Waals surface area contributed by atoms with Gasteiger partial charge < -0.3 is 4.57 Å². The molecule has 0 N–H and O–H groups in total. The molecule has 0 saturated heterocycles. The van der Waals surface area contributed by atoms with Crippen LogP contribution in [0, 0.1) is 4.91 Å². The first-order chi connectivity index (χ1) is 5.83. The average molecular weight is 161 g/mol. The minimum atomic E-state index is 0.396. The van der Waals surface area contributed by atoms with Crippen LogP contribution in [0.4, 0.5) is 5.69 Å². The second-order valence-corrected chi connectivity index (χ2v) is 2.59. The van der Waals surface area contributed by atoms with E-state index in [4.69, 9.17) is 0 Å². The molecule has 0 fully saturated rings. The molecule has 4 nitrogen and oxygen atoms in total. The zero-order valence-electron chi connectivity index (χ0n) is 6.56. The zero-order chi connectivity index (χ0) is 8.55. The number of aromatic nitrogens is 2. The molecule has 4 heteroatoms. The fraction of sp³-hybridized carbons (Fsp3) is 0.125. The van der Waals surface area contributed by atoms with E-state index in [-0.39, 0.29) is 0 Å². The average Bonchev–Trinajstić information content (AvgIpc) is 2.48. The van der Waals surface area contributed by atoms with Crippen LogP contribution in [0.5, 0.6) is 0 Å². The summed E-state index contributed by atoms with van der Waals surface area (Å²) in [6.45, 7) is 0. The molecule has 0 bridgehead atoms. The Balaban J connectivity index is 2.89. The van der Waals surface area contributed by atoms with Crippen molar-refractivity contribution in [3.05, 3.63) is 29.4 Å². The molecule has 0 radical (unpaired) electrons. The number of aryl methyl sites for hydroxylation is 1. The number of hydrogen-bond acceptors (Lipinski definition) is 3. The molecule has 0 amide bonds. The van der Waals surface area contributed by atoms with E-state index in [0.717, 1.165) is 5.52 Å². The number of para-hydroxylation sites is 1. The summed E-state index contributed by atoms with van der Waals surface area (Å²) in [5.41, 5.74) is 1.98. The molecule has 1 aromatic carbocycles. The first-order valence-electron chi connectivity index (χ1n) is 3.56. The van der Waals surface area contributed by atoms with Gasteiger partial charge in [0.25, 0.3) is 0 Å². The van der Waals surface area contributed by atoms with Crippen molar-refractivity contribution in [1.29, 1.82) is 0 Å². The Morgan fingerprint density at radius 3 is 3.08 bits per heavy atom. The van der Waals surface area contributed by atoms with Gasteiger partial charge in [0.15, 0.2) is 0 Å². The standard InChI is InChI=1S/C8H7N3O/c1-11-5-9-8-6(10-12)3-2-4-7(8)11/h2-5H,1H3. The van der Waals surface area contributed by atoms with Crippen LogP contribution in [0.3, 0.4) is 0 Å². The second kappa shape index (κ2) is 2.41. The first kappa shape index (κ1) is 6.97. The maximum absolute atomic E-state index is 10.3. The molecule has 0 aliphatic carbocycles. The van der Waals surface area contributed by atoms with Gasteiger partial charge in [0.05, 0.1) is 11.8 Å². The molecule has 0 aliphatic heterocycles. The summed E-state index contributed by atoms with van der Waals surface area (Å²) in [4.78, 5) is 14.4. The van der Waals surface area contributed by atoms with Crippen LogP contribution < -0.4 is 0 Å². The SMILES string of the molecule is Cn1cnc2c(N=O)cccc21. The van der Waals surface area contributed by atoms with Crippen LogP contribution in [0.2, 0.25) is 0 Å². The molecule has 1 aromatic heterocycles. The topological polar surface area (TPSA) is 47.2 Å². The van der Waals surface area contributed by atoms with Crippen molar-refractivity contribution in [3.63, 3.8) is 0 Å². The third-order valence-corrected chi connectivity index (χ3v) is 1.83. The van der Waals surface area contributed by atoms with E-state index in [9.17, 15) is 4.91 Å². The van der Waals surface area contributed by atoms with Crippen molar-refractivity contribution in [2.75, 3.05) is 0 Å². The summed E-state index contributed by atoms with van der Waals surface area (Å²) in [5.74, 6) is 0. The molecule has 12 heavy (non-hydrogen) atoms. The lowest BCUT2D eigenvalue weighted by molar-refractivity contribution is 0.948. The van der Waals surface area contributed by atoms with Crippen LogP contribution in [-0.4, -0.2) is 9.55 Å². The molecule has 1 heterocycles. The van der Waals surface area contributed by atoms with Crippen LogP contribution in [0.15, 0.2) is 29.7 Å². The quantitative estimate of drug-likeness (QED) is 0.600. The van der Waals surface area contributed by atoms with Gasteiger partial charge in [-0.1, -0.05) is 6.07 Å². The molecule has 0 atom stereocenters. The third kappa shape index (κ3) is 0.812. The Labute approximate surface area is 68.8 Å². The maximum Gasteiger partial charge on any atom is 0.135 e. The highest BCUT2D eigenvalue weighted by Crippen LogP contribution is 2.23. The molecule has 0 saturated carbocycles. The van der Waals surface area contributed by atoms with Crippen LogP contribution in [0.25, 0.3) is 11.0 Å². The lowest BCUT2D eigenvalue weighted by Crippen LogP contribution is -1.82. The lowest BCUT2D eigenvalue weighted by Gasteiger charge is -1.93. The summed E-state index contributed by atoms with van der Waals surface area (Å²) >= 11 is 0. The zero-order valence-corrected chi connectivity index (χ0v) is 6.56. The van der Waals surface area contributed by atoms with Crippen molar-refractivity contribution < 1.29 is 0 Å². The Hall–Kier alpha value is -1.71. The van der Waals surface area contributed by atoms with Gasteiger partial charge in [-0.15, -0.1) is 4.91 Å². The summed E-state index contributed by atoms with van der Waals surface area (Å²) in [6.07, 6.45) is 1.67. The summed E-state index contributed by atoms with van der Waals surface area (Å²) in [6, 6.07) is 5.35. The van der Waals surface area contributed by atoms with E-state index in [0.29, 0.717) is 11.2 Å². The Morgan fingerprint density at radius 1 is 1.50 bits per heavy atom. The molecule has 2 aromatic rings. The van der Waals surface area contributed by atoms with Crippen molar-refractivity contribution in [2.45, 2.75) is 0 Å². The van der Waals surface area contributed by atoms with Crippen LogP contribution in [0.1, 0.15) is 0 Å². The molecule has 0 spiro atoms. The second-order valence-electron chi connectivity index (χ2n) is 2.59. The number of nitroso groups, excluding NO2 is 1. The van der Waals surface area contributed by atoms with E-state index in [1.165, 1.54) is 0 Å².